The van der Waals surface area contributed by atoms with Gasteiger partial charge in [0, 0.05) is 5.69 Å². The highest BCUT2D eigenvalue weighted by Gasteiger charge is 2.11. The van der Waals surface area contributed by atoms with Gasteiger partial charge >= 0.3 is 12.0 Å². The number of carbonyl (C=O) groups is 2. The van der Waals surface area contributed by atoms with Crippen molar-refractivity contribution in [2.45, 2.75) is 6.92 Å². The van der Waals surface area contributed by atoms with Crippen LogP contribution in [0.2, 0.25) is 0 Å². The SMILES string of the molecule is CC(COc1ccc(NC(N)=O)cc1)C(=O)O. The lowest BCUT2D eigenvalue weighted by Gasteiger charge is -2.09. The summed E-state index contributed by atoms with van der Waals surface area (Å²) >= 11 is 0. The Morgan fingerprint density at radius 2 is 2.00 bits per heavy atom. The summed E-state index contributed by atoms with van der Waals surface area (Å²) in [7, 11) is 0. The maximum absolute atomic E-state index is 10.6. The standard InChI is InChI=1S/C11H14N2O4/c1-7(10(14)15)6-17-9-4-2-8(3-5-9)13-11(12)16/h2-5,7H,6H2,1H3,(H,14,15)(H3,12,13,16). The Balaban J connectivity index is 2.51. The van der Waals surface area contributed by atoms with Gasteiger partial charge in [0.1, 0.15) is 12.4 Å². The first-order chi connectivity index (χ1) is 7.99. The number of hydrogen-bond acceptors (Lipinski definition) is 3. The van der Waals surface area contributed by atoms with Crippen LogP contribution in [0.15, 0.2) is 24.3 Å². The van der Waals surface area contributed by atoms with E-state index in [1.807, 2.05) is 0 Å². The lowest BCUT2D eigenvalue weighted by molar-refractivity contribution is -0.142. The van der Waals surface area contributed by atoms with Crippen LogP contribution in [0.4, 0.5) is 10.5 Å². The van der Waals surface area contributed by atoms with Crippen LogP contribution in [0.1, 0.15) is 6.92 Å². The number of benzene rings is 1. The van der Waals surface area contributed by atoms with Crippen LogP contribution >= 0.6 is 0 Å². The molecular weight excluding hydrogens is 224 g/mol. The molecule has 2 amide bonds. The zero-order valence-corrected chi connectivity index (χ0v) is 9.34. The molecule has 0 fully saturated rings. The molecule has 0 spiro atoms. The maximum Gasteiger partial charge on any atom is 0.316 e. The number of aliphatic carboxylic acids is 1. The molecule has 6 heteroatoms. The van der Waals surface area contributed by atoms with Gasteiger partial charge < -0.3 is 20.9 Å². The van der Waals surface area contributed by atoms with Gasteiger partial charge in [-0.2, -0.15) is 0 Å². The molecule has 4 N–H and O–H groups in total. The lowest BCUT2D eigenvalue weighted by atomic mass is 10.2. The molecule has 1 atom stereocenters. The molecule has 0 saturated heterocycles. The van der Waals surface area contributed by atoms with E-state index in [-0.39, 0.29) is 6.61 Å². The number of hydrogen-bond donors (Lipinski definition) is 3. The second-order valence-electron chi connectivity index (χ2n) is 3.56. The van der Waals surface area contributed by atoms with E-state index in [1.54, 1.807) is 31.2 Å². The Labute approximate surface area is 98.4 Å². The van der Waals surface area contributed by atoms with Gasteiger partial charge in [-0.25, -0.2) is 4.79 Å². The largest absolute Gasteiger partial charge is 0.493 e. The second kappa shape index (κ2) is 5.74. The Hall–Kier alpha value is -2.24. The number of nitrogens with one attached hydrogen (secondary N) is 1. The highest BCUT2D eigenvalue weighted by Crippen LogP contribution is 2.16. The molecule has 6 nitrogen and oxygen atoms in total. The molecule has 0 saturated carbocycles. The van der Waals surface area contributed by atoms with Crippen molar-refractivity contribution in [2.75, 3.05) is 11.9 Å². The van der Waals surface area contributed by atoms with Crippen LogP contribution < -0.4 is 15.8 Å². The van der Waals surface area contributed by atoms with E-state index in [0.717, 1.165) is 0 Å². The predicted molar refractivity (Wildman–Crippen MR) is 61.9 cm³/mol. The Morgan fingerprint density at radius 1 is 1.41 bits per heavy atom. The van der Waals surface area contributed by atoms with Crippen LogP contribution in [0.5, 0.6) is 5.75 Å². The number of urea groups is 1. The summed E-state index contributed by atoms with van der Waals surface area (Å²) in [4.78, 5) is 21.1. The highest BCUT2D eigenvalue weighted by molar-refractivity contribution is 5.87. The van der Waals surface area contributed by atoms with Gasteiger partial charge in [-0.15, -0.1) is 0 Å². The molecule has 17 heavy (non-hydrogen) atoms. The maximum atomic E-state index is 10.6. The molecule has 0 bridgehead atoms. The van der Waals surface area contributed by atoms with E-state index in [4.69, 9.17) is 15.6 Å². The van der Waals surface area contributed by atoms with Gasteiger partial charge in [0.05, 0.1) is 5.92 Å². The van der Waals surface area contributed by atoms with E-state index in [1.165, 1.54) is 0 Å². The van der Waals surface area contributed by atoms with E-state index >= 15 is 0 Å². The number of nitrogens with two attached hydrogens (primary N) is 1. The fourth-order valence-corrected chi connectivity index (χ4v) is 1.07. The lowest BCUT2D eigenvalue weighted by Crippen LogP contribution is -2.19. The van der Waals surface area contributed by atoms with E-state index < -0.39 is 17.9 Å². The molecule has 1 aromatic carbocycles. The quantitative estimate of drug-likeness (QED) is 0.719. The molecule has 0 aliphatic heterocycles. The van der Waals surface area contributed by atoms with Crippen molar-refractivity contribution in [1.29, 1.82) is 0 Å². The molecule has 1 rings (SSSR count). The number of ether oxygens (including phenoxy) is 1. The van der Waals surface area contributed by atoms with Gasteiger partial charge in [-0.3, -0.25) is 4.79 Å². The van der Waals surface area contributed by atoms with Crippen LogP contribution in [0.25, 0.3) is 0 Å². The van der Waals surface area contributed by atoms with Crippen molar-refractivity contribution >= 4 is 17.7 Å². The number of amides is 2. The summed E-state index contributed by atoms with van der Waals surface area (Å²) in [5.41, 5.74) is 5.50. The number of carbonyl (C=O) groups excluding carboxylic acids is 1. The third-order valence-electron chi connectivity index (χ3n) is 2.04. The predicted octanol–water partition coefficient (Wildman–Crippen LogP) is 1.28. The molecule has 1 aromatic rings. The average molecular weight is 238 g/mol. The van der Waals surface area contributed by atoms with Crippen LogP contribution in [-0.4, -0.2) is 23.7 Å². The molecule has 0 aromatic heterocycles. The third-order valence-corrected chi connectivity index (χ3v) is 2.04. The molecule has 0 heterocycles. The summed E-state index contributed by atoms with van der Waals surface area (Å²) in [6, 6.07) is 5.84. The van der Waals surface area contributed by atoms with E-state index in [0.29, 0.717) is 11.4 Å². The monoisotopic (exact) mass is 238 g/mol. The Morgan fingerprint density at radius 3 is 2.47 bits per heavy atom. The summed E-state index contributed by atoms with van der Waals surface area (Å²) in [6.45, 7) is 1.66. The first-order valence-electron chi connectivity index (χ1n) is 5.01. The minimum atomic E-state index is -0.906. The number of carboxylic acid groups (broad SMARTS) is 1. The molecule has 0 radical (unpaired) electrons. The van der Waals surface area contributed by atoms with Gasteiger partial charge in [-0.1, -0.05) is 0 Å². The summed E-state index contributed by atoms with van der Waals surface area (Å²) < 4.78 is 5.26. The van der Waals surface area contributed by atoms with Crippen molar-refractivity contribution < 1.29 is 19.4 Å². The molecular formula is C11H14N2O4. The zero-order chi connectivity index (χ0) is 12.8. The van der Waals surface area contributed by atoms with Crippen molar-refractivity contribution in [3.8, 4) is 5.75 Å². The summed E-state index contributed by atoms with van der Waals surface area (Å²) in [6.07, 6.45) is 0. The molecule has 1 unspecified atom stereocenters. The van der Waals surface area contributed by atoms with Crippen molar-refractivity contribution in [1.82, 2.24) is 0 Å². The minimum absolute atomic E-state index is 0.0952. The van der Waals surface area contributed by atoms with Gasteiger partial charge in [0.25, 0.3) is 0 Å². The van der Waals surface area contributed by atoms with Crippen LogP contribution in [0.3, 0.4) is 0 Å². The number of anilines is 1. The number of rotatable bonds is 5. The van der Waals surface area contributed by atoms with Crippen LogP contribution in [0, 0.1) is 5.92 Å². The summed E-state index contributed by atoms with van der Waals surface area (Å²) in [5, 5.41) is 11.1. The highest BCUT2D eigenvalue weighted by atomic mass is 16.5. The average Bonchev–Trinajstić information content (AvgIpc) is 2.26. The number of primary amides is 1. The topological polar surface area (TPSA) is 102 Å². The van der Waals surface area contributed by atoms with Gasteiger partial charge in [-0.05, 0) is 31.2 Å². The van der Waals surface area contributed by atoms with E-state index in [9.17, 15) is 9.59 Å². The minimum Gasteiger partial charge on any atom is -0.493 e. The number of carboxylic acids is 1. The fraction of sp³-hybridized carbons (Fsp3) is 0.273. The van der Waals surface area contributed by atoms with Gasteiger partial charge in [0.15, 0.2) is 0 Å². The Bertz CT molecular complexity index is 402. The Kier molecular flexibility index (Phi) is 4.33. The van der Waals surface area contributed by atoms with Crippen LogP contribution in [-0.2, 0) is 4.79 Å². The van der Waals surface area contributed by atoms with Crippen molar-refractivity contribution in [2.24, 2.45) is 11.7 Å². The normalized spacial score (nSPS) is 11.6. The van der Waals surface area contributed by atoms with E-state index in [2.05, 4.69) is 5.32 Å². The molecule has 0 aliphatic rings. The molecule has 92 valence electrons. The third kappa shape index (κ3) is 4.42. The smallest absolute Gasteiger partial charge is 0.316 e. The van der Waals surface area contributed by atoms with Gasteiger partial charge in [0.2, 0.25) is 0 Å². The summed E-state index contributed by atoms with van der Waals surface area (Å²) in [5.74, 6) is -0.941. The molecule has 0 aliphatic carbocycles. The second-order valence-corrected chi connectivity index (χ2v) is 3.56. The first kappa shape index (κ1) is 12.8. The van der Waals surface area contributed by atoms with Crippen molar-refractivity contribution in [3.05, 3.63) is 24.3 Å². The van der Waals surface area contributed by atoms with Crippen molar-refractivity contribution in [3.63, 3.8) is 0 Å². The fourth-order valence-electron chi connectivity index (χ4n) is 1.07. The zero-order valence-electron chi connectivity index (χ0n) is 9.34. The first-order valence-corrected chi connectivity index (χ1v) is 5.01.